The van der Waals surface area contributed by atoms with Gasteiger partial charge in [-0.25, -0.2) is 4.68 Å². The van der Waals surface area contributed by atoms with Crippen molar-refractivity contribution in [1.82, 2.24) is 25.2 Å². The van der Waals surface area contributed by atoms with E-state index in [2.05, 4.69) is 15.6 Å². The number of para-hydroxylation sites is 1. The highest BCUT2D eigenvalue weighted by atomic mass is 16.5. The molecule has 0 unspecified atom stereocenters. The normalized spacial score (nSPS) is 14.6. The van der Waals surface area contributed by atoms with Gasteiger partial charge in [-0.1, -0.05) is 42.7 Å². The van der Waals surface area contributed by atoms with Crippen LogP contribution in [-0.2, 0) is 22.6 Å². The molecule has 4 aromatic rings. The zero-order chi connectivity index (χ0) is 27.9. The predicted molar refractivity (Wildman–Crippen MR) is 149 cm³/mol. The molecule has 2 aromatic carbocycles. The van der Waals surface area contributed by atoms with E-state index in [-0.39, 0.29) is 30.9 Å². The minimum Gasteiger partial charge on any atom is -0.493 e. The van der Waals surface area contributed by atoms with Crippen molar-refractivity contribution in [3.05, 3.63) is 72.2 Å². The lowest BCUT2D eigenvalue weighted by Crippen LogP contribution is -2.48. The molecule has 1 atom stereocenters. The van der Waals surface area contributed by atoms with Crippen molar-refractivity contribution in [1.29, 1.82) is 0 Å². The number of fused-ring (bicyclic) bond motifs is 1. The second kappa shape index (κ2) is 12.7. The van der Waals surface area contributed by atoms with E-state index in [1.54, 1.807) is 35.9 Å². The molecule has 2 amide bonds. The van der Waals surface area contributed by atoms with Crippen LogP contribution in [-0.4, -0.2) is 58.5 Å². The molecule has 5 rings (SSSR count). The third-order valence-corrected chi connectivity index (χ3v) is 7.44. The van der Waals surface area contributed by atoms with Crippen LogP contribution in [0.4, 0.5) is 0 Å². The van der Waals surface area contributed by atoms with Crippen molar-refractivity contribution in [2.24, 2.45) is 0 Å². The Morgan fingerprint density at radius 2 is 1.85 bits per heavy atom. The number of rotatable bonds is 11. The van der Waals surface area contributed by atoms with Crippen LogP contribution in [0.1, 0.15) is 49.5 Å². The van der Waals surface area contributed by atoms with Gasteiger partial charge < -0.3 is 24.1 Å². The number of hydrogen-bond acceptors (Lipinski definition) is 7. The number of amides is 2. The number of aromatic nitrogens is 3. The Morgan fingerprint density at radius 1 is 1.05 bits per heavy atom. The molecule has 210 valence electrons. The lowest BCUT2D eigenvalue weighted by Gasteiger charge is -2.32. The number of nitrogens with one attached hydrogen (secondary N) is 1. The molecule has 1 aliphatic rings. The number of ether oxygens (including phenoxy) is 2. The van der Waals surface area contributed by atoms with Crippen LogP contribution in [0.2, 0.25) is 0 Å². The van der Waals surface area contributed by atoms with Crippen LogP contribution in [0.5, 0.6) is 11.5 Å². The lowest BCUT2D eigenvalue weighted by molar-refractivity contribution is -0.142. The fourth-order valence-corrected chi connectivity index (χ4v) is 5.33. The summed E-state index contributed by atoms with van der Waals surface area (Å²) in [5.74, 6) is 1.13. The van der Waals surface area contributed by atoms with Crippen molar-refractivity contribution < 1.29 is 23.5 Å². The maximum atomic E-state index is 14.0. The molecule has 2 heterocycles. The Hall–Kier alpha value is -4.34. The van der Waals surface area contributed by atoms with Crippen molar-refractivity contribution in [3.63, 3.8) is 0 Å². The van der Waals surface area contributed by atoms with E-state index in [1.807, 2.05) is 42.5 Å². The van der Waals surface area contributed by atoms with Gasteiger partial charge in [-0.2, -0.15) is 0 Å². The first kappa shape index (κ1) is 27.2. The number of carbonyl (C=O) groups excluding carboxylic acids is 2. The average molecular weight is 546 g/mol. The smallest absolute Gasteiger partial charge is 0.250 e. The van der Waals surface area contributed by atoms with Crippen LogP contribution in [0, 0.1) is 0 Å². The Bertz CT molecular complexity index is 1430. The van der Waals surface area contributed by atoms with Crippen molar-refractivity contribution >= 4 is 22.8 Å². The SMILES string of the molecule is COc1ccc(CCN(C(=O)Cn2nnc3ccccc32)[C@H](C(=O)NC2CCCCC2)c2ccco2)cc1OC. The minimum absolute atomic E-state index is 0.0691. The average Bonchev–Trinajstić information content (AvgIpc) is 3.66. The third kappa shape index (κ3) is 6.11. The summed E-state index contributed by atoms with van der Waals surface area (Å²) in [6.45, 7) is 0.199. The molecule has 1 fully saturated rings. The third-order valence-electron chi connectivity index (χ3n) is 7.44. The topological polar surface area (TPSA) is 112 Å². The summed E-state index contributed by atoms with van der Waals surface area (Å²) in [5, 5.41) is 11.6. The van der Waals surface area contributed by atoms with Crippen LogP contribution in [0.25, 0.3) is 11.0 Å². The van der Waals surface area contributed by atoms with Crippen molar-refractivity contribution in [2.75, 3.05) is 20.8 Å². The molecule has 0 aliphatic heterocycles. The second-order valence-electron chi connectivity index (χ2n) is 10.0. The van der Waals surface area contributed by atoms with Gasteiger partial charge in [0.15, 0.2) is 17.5 Å². The molecule has 0 bridgehead atoms. The molecular formula is C30H35N5O5. The Labute approximate surface area is 233 Å². The van der Waals surface area contributed by atoms with E-state index in [0.29, 0.717) is 29.2 Å². The fraction of sp³-hybridized carbons (Fsp3) is 0.400. The molecule has 1 saturated carbocycles. The number of furan rings is 1. The Morgan fingerprint density at radius 3 is 2.60 bits per heavy atom. The molecule has 40 heavy (non-hydrogen) atoms. The largest absolute Gasteiger partial charge is 0.493 e. The first-order valence-corrected chi connectivity index (χ1v) is 13.7. The van der Waals surface area contributed by atoms with Gasteiger partial charge >= 0.3 is 0 Å². The molecule has 0 radical (unpaired) electrons. The van der Waals surface area contributed by atoms with Gasteiger partial charge in [0, 0.05) is 12.6 Å². The van der Waals surface area contributed by atoms with E-state index < -0.39 is 6.04 Å². The number of methoxy groups -OCH3 is 2. The van der Waals surface area contributed by atoms with E-state index in [9.17, 15) is 9.59 Å². The minimum atomic E-state index is -0.931. The summed E-state index contributed by atoms with van der Waals surface area (Å²) in [7, 11) is 3.17. The number of hydrogen-bond donors (Lipinski definition) is 1. The monoisotopic (exact) mass is 545 g/mol. The summed E-state index contributed by atoms with van der Waals surface area (Å²) in [4.78, 5) is 29.4. The second-order valence-corrected chi connectivity index (χ2v) is 10.0. The molecule has 10 nitrogen and oxygen atoms in total. The summed E-state index contributed by atoms with van der Waals surface area (Å²) in [5.41, 5.74) is 2.38. The maximum absolute atomic E-state index is 14.0. The highest BCUT2D eigenvalue weighted by molar-refractivity contribution is 5.89. The van der Waals surface area contributed by atoms with E-state index in [0.717, 1.165) is 36.8 Å². The van der Waals surface area contributed by atoms with Gasteiger partial charge in [0.05, 0.1) is 26.0 Å². The number of benzene rings is 2. The summed E-state index contributed by atoms with van der Waals surface area (Å²) >= 11 is 0. The molecular weight excluding hydrogens is 510 g/mol. The van der Waals surface area contributed by atoms with E-state index >= 15 is 0 Å². The summed E-state index contributed by atoms with van der Waals surface area (Å²) in [6.07, 6.45) is 7.21. The van der Waals surface area contributed by atoms with Gasteiger partial charge in [-0.05, 0) is 61.2 Å². The molecule has 1 aliphatic carbocycles. The van der Waals surface area contributed by atoms with E-state index in [4.69, 9.17) is 13.9 Å². The summed E-state index contributed by atoms with van der Waals surface area (Å²) in [6, 6.07) is 15.8. The predicted octanol–water partition coefficient (Wildman–Crippen LogP) is 4.30. The van der Waals surface area contributed by atoms with Crippen LogP contribution >= 0.6 is 0 Å². The quantitative estimate of drug-likeness (QED) is 0.299. The fourth-order valence-electron chi connectivity index (χ4n) is 5.33. The van der Waals surface area contributed by atoms with Gasteiger partial charge in [0.1, 0.15) is 17.8 Å². The molecule has 0 spiro atoms. The number of carbonyl (C=O) groups is 2. The first-order chi connectivity index (χ1) is 19.6. The zero-order valence-electron chi connectivity index (χ0n) is 22.9. The van der Waals surface area contributed by atoms with Crippen LogP contribution < -0.4 is 14.8 Å². The van der Waals surface area contributed by atoms with Gasteiger partial charge in [-0.3, -0.25) is 9.59 Å². The van der Waals surface area contributed by atoms with E-state index in [1.165, 1.54) is 12.7 Å². The molecule has 10 heteroatoms. The van der Waals surface area contributed by atoms with Crippen LogP contribution in [0.3, 0.4) is 0 Å². The lowest BCUT2D eigenvalue weighted by atomic mass is 9.95. The Kier molecular flexibility index (Phi) is 8.63. The highest BCUT2D eigenvalue weighted by Crippen LogP contribution is 2.29. The van der Waals surface area contributed by atoms with Crippen molar-refractivity contribution in [2.45, 2.75) is 57.2 Å². The highest BCUT2D eigenvalue weighted by Gasteiger charge is 2.35. The van der Waals surface area contributed by atoms with Gasteiger partial charge in [0.2, 0.25) is 5.91 Å². The van der Waals surface area contributed by atoms with Gasteiger partial charge in [0.25, 0.3) is 5.91 Å². The number of nitrogens with zero attached hydrogens (tertiary/aromatic N) is 4. The standard InChI is InChI=1S/C30H35N5O5/c1-38-25-15-14-21(19-27(25)39-2)16-17-34(28(36)20-35-24-12-7-6-11-23(24)32-33-35)29(26-13-8-18-40-26)30(37)31-22-9-4-3-5-10-22/h6-8,11-15,18-19,22,29H,3-5,9-10,16-17,20H2,1-2H3,(H,31,37)/t29-/m0/s1. The van der Waals surface area contributed by atoms with Crippen molar-refractivity contribution in [3.8, 4) is 11.5 Å². The van der Waals surface area contributed by atoms with Gasteiger partial charge in [-0.15, -0.1) is 5.10 Å². The first-order valence-electron chi connectivity index (χ1n) is 13.7. The summed E-state index contributed by atoms with van der Waals surface area (Å²) < 4.78 is 18.1. The van der Waals surface area contributed by atoms with Crippen LogP contribution in [0.15, 0.2) is 65.3 Å². The molecule has 2 aromatic heterocycles. The zero-order valence-corrected chi connectivity index (χ0v) is 22.9. The Balaban J connectivity index is 1.45. The molecule has 0 saturated heterocycles. The molecule has 1 N–H and O–H groups in total. The maximum Gasteiger partial charge on any atom is 0.250 e.